The molecule has 11 nitrogen and oxygen atoms in total. The van der Waals surface area contributed by atoms with Gasteiger partial charge in [0.1, 0.15) is 18.0 Å². The Morgan fingerprint density at radius 1 is 0.795 bits per heavy atom. The van der Waals surface area contributed by atoms with E-state index in [1.165, 1.54) is 6.20 Å². The highest BCUT2D eigenvalue weighted by molar-refractivity contribution is 7.55. The fourth-order valence-corrected chi connectivity index (χ4v) is 5.44. The lowest BCUT2D eigenvalue weighted by atomic mass is 10.2. The molecule has 3 N–H and O–H groups in total. The van der Waals surface area contributed by atoms with Crippen LogP contribution in [0, 0.1) is 0 Å². The summed E-state index contributed by atoms with van der Waals surface area (Å²) in [5, 5.41) is 5.08. The SMILES string of the molecule is O=C(Cn1ccc(=O)[nH]c1=O)NCC(=O)NC(c1ccccc1)P(=O)(Oc1ccccc1)Oc1ccccc1. The first-order valence-corrected chi connectivity index (χ1v) is 13.4. The Morgan fingerprint density at radius 3 is 1.87 bits per heavy atom. The van der Waals surface area contributed by atoms with Gasteiger partial charge in [-0.15, -0.1) is 0 Å². The molecule has 2 amide bonds. The monoisotopic (exact) mass is 548 g/mol. The number of para-hydroxylation sites is 2. The molecule has 0 radical (unpaired) electrons. The summed E-state index contributed by atoms with van der Waals surface area (Å²) in [6.07, 6.45) is 1.17. The van der Waals surface area contributed by atoms with Crippen molar-refractivity contribution in [1.29, 1.82) is 0 Å². The van der Waals surface area contributed by atoms with E-state index in [0.29, 0.717) is 5.56 Å². The number of hydrogen-bond acceptors (Lipinski definition) is 7. The average Bonchev–Trinajstić information content (AvgIpc) is 2.93. The van der Waals surface area contributed by atoms with Gasteiger partial charge in [-0.05, 0) is 29.8 Å². The number of rotatable bonds is 11. The zero-order chi connectivity index (χ0) is 27.7. The third-order valence-corrected chi connectivity index (χ3v) is 7.33. The maximum Gasteiger partial charge on any atom is 0.457 e. The second-order valence-corrected chi connectivity index (χ2v) is 10.2. The second kappa shape index (κ2) is 12.6. The fraction of sp³-hybridized carbons (Fsp3) is 0.111. The van der Waals surface area contributed by atoms with Gasteiger partial charge in [0, 0.05) is 12.3 Å². The van der Waals surface area contributed by atoms with Crippen molar-refractivity contribution in [3.05, 3.63) is 130 Å². The summed E-state index contributed by atoms with van der Waals surface area (Å²) >= 11 is 0. The molecule has 1 aromatic heterocycles. The largest absolute Gasteiger partial charge is 0.457 e. The molecule has 0 fully saturated rings. The summed E-state index contributed by atoms with van der Waals surface area (Å²) in [5.74, 6) is -2.04. The molecule has 3 aromatic carbocycles. The molecular formula is C27H25N4O7P. The van der Waals surface area contributed by atoms with Gasteiger partial charge in [0.25, 0.3) is 5.56 Å². The van der Waals surface area contributed by atoms with Gasteiger partial charge < -0.3 is 19.7 Å². The van der Waals surface area contributed by atoms with E-state index in [-0.39, 0.29) is 11.5 Å². The number of carbonyl (C=O) groups is 2. The summed E-state index contributed by atoms with van der Waals surface area (Å²) < 4.78 is 27.2. The summed E-state index contributed by atoms with van der Waals surface area (Å²) in [5.41, 5.74) is -0.904. The number of amides is 2. The molecule has 4 aromatic rings. The van der Waals surface area contributed by atoms with Crippen molar-refractivity contribution in [2.45, 2.75) is 12.3 Å². The van der Waals surface area contributed by atoms with Gasteiger partial charge in [-0.1, -0.05) is 66.7 Å². The van der Waals surface area contributed by atoms with E-state index >= 15 is 0 Å². The summed E-state index contributed by atoms with van der Waals surface area (Å²) in [4.78, 5) is 50.4. The van der Waals surface area contributed by atoms with Gasteiger partial charge in [0.05, 0.1) is 6.54 Å². The predicted octanol–water partition coefficient (Wildman–Crippen LogP) is 2.82. The van der Waals surface area contributed by atoms with Crippen LogP contribution in [0.3, 0.4) is 0 Å². The lowest BCUT2D eigenvalue weighted by molar-refractivity contribution is -0.126. The van der Waals surface area contributed by atoms with Crippen molar-refractivity contribution in [2.24, 2.45) is 0 Å². The highest BCUT2D eigenvalue weighted by Crippen LogP contribution is 2.58. The fourth-order valence-electron chi connectivity index (χ4n) is 3.52. The number of nitrogens with one attached hydrogen (secondary N) is 3. The molecule has 200 valence electrons. The highest BCUT2D eigenvalue weighted by atomic mass is 31.2. The Labute approximate surface area is 223 Å². The minimum absolute atomic E-state index is 0.270. The van der Waals surface area contributed by atoms with Crippen LogP contribution in [0.25, 0.3) is 0 Å². The predicted molar refractivity (Wildman–Crippen MR) is 143 cm³/mol. The van der Waals surface area contributed by atoms with Gasteiger partial charge in [-0.25, -0.2) is 9.36 Å². The van der Waals surface area contributed by atoms with Crippen LogP contribution >= 0.6 is 7.60 Å². The lowest BCUT2D eigenvalue weighted by Crippen LogP contribution is -2.41. The van der Waals surface area contributed by atoms with Gasteiger partial charge >= 0.3 is 13.3 Å². The minimum Gasteiger partial charge on any atom is -0.414 e. The quantitative estimate of drug-likeness (QED) is 0.244. The van der Waals surface area contributed by atoms with E-state index in [1.54, 1.807) is 91.0 Å². The summed E-state index contributed by atoms with van der Waals surface area (Å²) in [7, 11) is -4.19. The number of H-pyrrole nitrogens is 1. The van der Waals surface area contributed by atoms with Crippen molar-refractivity contribution in [3.8, 4) is 11.5 Å². The average molecular weight is 548 g/mol. The Kier molecular flexibility index (Phi) is 8.75. The zero-order valence-electron chi connectivity index (χ0n) is 20.6. The van der Waals surface area contributed by atoms with Crippen LogP contribution in [0.5, 0.6) is 11.5 Å². The van der Waals surface area contributed by atoms with Crippen LogP contribution in [-0.4, -0.2) is 27.9 Å². The standard InChI is InChI=1S/C27H25N4O7P/c32-23-16-17-31(27(35)30-23)19-25(34)28-18-24(33)29-26(20-10-4-1-5-11-20)39(36,37-21-12-6-2-7-13-21)38-22-14-8-3-9-15-22/h1-17,26H,18-19H2,(H,28,34)(H,29,33)(H,30,32,35). The molecule has 1 atom stereocenters. The van der Waals surface area contributed by atoms with Crippen molar-refractivity contribution in [1.82, 2.24) is 20.2 Å². The molecule has 0 aliphatic rings. The van der Waals surface area contributed by atoms with E-state index in [9.17, 15) is 23.7 Å². The number of benzene rings is 3. The Bertz CT molecular complexity index is 1530. The van der Waals surface area contributed by atoms with E-state index in [4.69, 9.17) is 9.05 Å². The number of hydrogen-bond donors (Lipinski definition) is 3. The van der Waals surface area contributed by atoms with Crippen LogP contribution in [-0.2, 0) is 20.7 Å². The normalized spacial score (nSPS) is 11.7. The molecular weight excluding hydrogens is 523 g/mol. The number of aromatic nitrogens is 2. The lowest BCUT2D eigenvalue weighted by Gasteiger charge is -2.28. The van der Waals surface area contributed by atoms with Gasteiger partial charge in [-0.2, -0.15) is 0 Å². The number of carbonyl (C=O) groups excluding carboxylic acids is 2. The Hall–Kier alpha value is -4.89. The van der Waals surface area contributed by atoms with Gasteiger partial charge in [0.15, 0.2) is 5.78 Å². The van der Waals surface area contributed by atoms with Crippen molar-refractivity contribution < 1.29 is 23.2 Å². The molecule has 12 heteroatoms. The highest BCUT2D eigenvalue weighted by Gasteiger charge is 2.42. The van der Waals surface area contributed by atoms with E-state index in [1.807, 2.05) is 4.98 Å². The number of aromatic amines is 1. The van der Waals surface area contributed by atoms with E-state index in [0.717, 1.165) is 10.6 Å². The van der Waals surface area contributed by atoms with Crippen molar-refractivity contribution in [2.75, 3.05) is 6.54 Å². The van der Waals surface area contributed by atoms with Gasteiger partial charge in [0.2, 0.25) is 11.8 Å². The molecule has 0 bridgehead atoms. The maximum absolute atomic E-state index is 14.4. The summed E-state index contributed by atoms with van der Waals surface area (Å²) in [6.45, 7) is -0.908. The molecule has 0 spiro atoms. The second-order valence-electron chi connectivity index (χ2n) is 8.24. The van der Waals surface area contributed by atoms with Crippen LogP contribution in [0.2, 0.25) is 0 Å². The van der Waals surface area contributed by atoms with Crippen LogP contribution in [0.1, 0.15) is 11.3 Å². The molecule has 1 heterocycles. The minimum atomic E-state index is -4.19. The zero-order valence-corrected chi connectivity index (χ0v) is 21.5. The number of nitrogens with zero attached hydrogens (tertiary/aromatic N) is 1. The molecule has 1 unspecified atom stereocenters. The third-order valence-electron chi connectivity index (χ3n) is 5.34. The van der Waals surface area contributed by atoms with E-state index in [2.05, 4.69) is 10.6 Å². The molecule has 0 saturated heterocycles. The molecule has 0 aliphatic carbocycles. The van der Waals surface area contributed by atoms with E-state index < -0.39 is 49.5 Å². The molecule has 0 aliphatic heterocycles. The molecule has 4 rings (SSSR count). The Morgan fingerprint density at radius 2 is 1.33 bits per heavy atom. The Balaban J connectivity index is 1.55. The first-order valence-electron chi connectivity index (χ1n) is 11.8. The van der Waals surface area contributed by atoms with Crippen molar-refractivity contribution >= 4 is 19.4 Å². The smallest absolute Gasteiger partial charge is 0.414 e. The van der Waals surface area contributed by atoms with Crippen molar-refractivity contribution in [3.63, 3.8) is 0 Å². The maximum atomic E-state index is 14.4. The summed E-state index contributed by atoms with van der Waals surface area (Å²) in [6, 6.07) is 26.5. The van der Waals surface area contributed by atoms with Gasteiger partial charge in [-0.3, -0.25) is 23.9 Å². The topological polar surface area (TPSA) is 149 Å². The van der Waals surface area contributed by atoms with Crippen LogP contribution in [0.15, 0.2) is 113 Å². The first-order chi connectivity index (χ1) is 18.8. The first kappa shape index (κ1) is 27.2. The molecule has 0 saturated carbocycles. The molecule has 39 heavy (non-hydrogen) atoms. The third kappa shape index (κ3) is 7.56. The van der Waals surface area contributed by atoms with Crippen LogP contribution in [0.4, 0.5) is 0 Å². The van der Waals surface area contributed by atoms with Crippen LogP contribution < -0.4 is 30.9 Å².